The average molecular weight is 404 g/mol. The van der Waals surface area contributed by atoms with Crippen molar-refractivity contribution >= 4 is 0 Å². The average Bonchev–Trinajstić information content (AvgIpc) is 2.66. The highest BCUT2D eigenvalue weighted by Gasteiger charge is 2.43. The molecule has 0 fully saturated rings. The lowest BCUT2D eigenvalue weighted by atomic mass is 9.94. The second kappa shape index (κ2) is 7.17. The minimum absolute atomic E-state index is 0.0967. The van der Waals surface area contributed by atoms with Gasteiger partial charge in [-0.2, -0.15) is 13.2 Å². The molecule has 1 aliphatic rings. The topological polar surface area (TPSA) is 9.23 Å². The van der Waals surface area contributed by atoms with Crippen molar-refractivity contribution in [1.29, 1.82) is 0 Å². The Labute approximate surface area is 164 Å². The molecule has 6 heteroatoms. The zero-order valence-electron chi connectivity index (χ0n) is 15.5. The second-order valence-corrected chi connectivity index (χ2v) is 7.19. The SMILES string of the molecule is Cc1ccc(-c2cc(F)c(-c3ccc4c(c3)CCC(C(F)(F)F)O4)c(F)c2)cc1. The monoisotopic (exact) mass is 404 g/mol. The summed E-state index contributed by atoms with van der Waals surface area (Å²) in [6.07, 6.45) is -6.40. The fourth-order valence-corrected chi connectivity index (χ4v) is 3.54. The van der Waals surface area contributed by atoms with E-state index in [0.717, 1.165) is 5.56 Å². The third-order valence-electron chi connectivity index (χ3n) is 5.09. The maximum absolute atomic E-state index is 14.8. The molecule has 0 bridgehead atoms. The largest absolute Gasteiger partial charge is 0.481 e. The molecule has 0 saturated heterocycles. The first-order valence-electron chi connectivity index (χ1n) is 9.15. The van der Waals surface area contributed by atoms with Gasteiger partial charge in [-0.15, -0.1) is 0 Å². The molecule has 3 aromatic rings. The first kappa shape index (κ1) is 19.4. The van der Waals surface area contributed by atoms with E-state index in [4.69, 9.17) is 4.74 Å². The predicted octanol–water partition coefficient (Wildman–Crippen LogP) is 6.86. The van der Waals surface area contributed by atoms with Gasteiger partial charge in [0.15, 0.2) is 6.10 Å². The van der Waals surface area contributed by atoms with E-state index in [1.165, 1.54) is 30.3 Å². The molecule has 3 aromatic carbocycles. The molecule has 1 heterocycles. The summed E-state index contributed by atoms with van der Waals surface area (Å²) in [5, 5.41) is 0. The summed E-state index contributed by atoms with van der Waals surface area (Å²) in [6.45, 7) is 1.92. The summed E-state index contributed by atoms with van der Waals surface area (Å²) < 4.78 is 73.2. The molecular formula is C23H17F5O. The van der Waals surface area contributed by atoms with Gasteiger partial charge >= 0.3 is 6.18 Å². The number of aryl methyl sites for hydroxylation is 2. The van der Waals surface area contributed by atoms with Crippen molar-refractivity contribution in [3.05, 3.63) is 77.4 Å². The Morgan fingerprint density at radius 1 is 0.828 bits per heavy atom. The van der Waals surface area contributed by atoms with Crippen LogP contribution in [-0.2, 0) is 6.42 Å². The van der Waals surface area contributed by atoms with Crippen LogP contribution in [-0.4, -0.2) is 12.3 Å². The van der Waals surface area contributed by atoms with Gasteiger partial charge in [0.05, 0.1) is 5.56 Å². The normalized spacial score (nSPS) is 16.3. The van der Waals surface area contributed by atoms with Crippen LogP contribution in [0.1, 0.15) is 17.5 Å². The van der Waals surface area contributed by atoms with E-state index in [-0.39, 0.29) is 29.7 Å². The van der Waals surface area contributed by atoms with Crippen molar-refractivity contribution in [2.45, 2.75) is 32.0 Å². The van der Waals surface area contributed by atoms with E-state index < -0.39 is 23.9 Å². The Hall–Kier alpha value is -2.89. The first-order chi connectivity index (χ1) is 13.7. The third-order valence-corrected chi connectivity index (χ3v) is 5.09. The molecule has 0 aliphatic carbocycles. The van der Waals surface area contributed by atoms with Crippen LogP contribution in [0, 0.1) is 18.6 Å². The summed E-state index contributed by atoms with van der Waals surface area (Å²) in [5.74, 6) is -1.37. The van der Waals surface area contributed by atoms with Crippen LogP contribution in [0.4, 0.5) is 22.0 Å². The number of alkyl halides is 3. The van der Waals surface area contributed by atoms with Gasteiger partial charge in [0.1, 0.15) is 17.4 Å². The lowest BCUT2D eigenvalue weighted by Crippen LogP contribution is -2.37. The Balaban J connectivity index is 1.68. The van der Waals surface area contributed by atoms with E-state index in [1.54, 1.807) is 12.1 Å². The van der Waals surface area contributed by atoms with Crippen LogP contribution >= 0.6 is 0 Å². The zero-order chi connectivity index (χ0) is 20.8. The van der Waals surface area contributed by atoms with Crippen LogP contribution in [0.2, 0.25) is 0 Å². The number of benzene rings is 3. The number of fused-ring (bicyclic) bond motifs is 1. The highest BCUT2D eigenvalue weighted by atomic mass is 19.4. The van der Waals surface area contributed by atoms with Crippen LogP contribution in [0.25, 0.3) is 22.3 Å². The molecule has 1 atom stereocenters. The van der Waals surface area contributed by atoms with Gasteiger partial charge in [0.2, 0.25) is 0 Å². The molecule has 1 nitrogen and oxygen atoms in total. The molecule has 0 saturated carbocycles. The fraction of sp³-hybridized carbons (Fsp3) is 0.217. The van der Waals surface area contributed by atoms with Crippen molar-refractivity contribution < 1.29 is 26.7 Å². The van der Waals surface area contributed by atoms with Crippen molar-refractivity contribution in [3.8, 4) is 28.0 Å². The van der Waals surface area contributed by atoms with Crippen molar-refractivity contribution in [3.63, 3.8) is 0 Å². The summed E-state index contributed by atoms with van der Waals surface area (Å²) in [5.41, 5.74) is 2.71. The lowest BCUT2D eigenvalue weighted by molar-refractivity contribution is -0.199. The smallest absolute Gasteiger partial charge is 0.425 e. The van der Waals surface area contributed by atoms with Gasteiger partial charge in [-0.05, 0) is 66.3 Å². The van der Waals surface area contributed by atoms with Gasteiger partial charge in [0.25, 0.3) is 0 Å². The molecule has 150 valence electrons. The van der Waals surface area contributed by atoms with Crippen LogP contribution in [0.3, 0.4) is 0 Å². The van der Waals surface area contributed by atoms with E-state index in [0.29, 0.717) is 16.7 Å². The van der Waals surface area contributed by atoms with Gasteiger partial charge in [-0.3, -0.25) is 0 Å². The second-order valence-electron chi connectivity index (χ2n) is 7.19. The molecule has 0 spiro atoms. The maximum atomic E-state index is 14.8. The molecule has 29 heavy (non-hydrogen) atoms. The zero-order valence-corrected chi connectivity index (χ0v) is 15.5. The standard InChI is InChI=1S/C23H17F5O/c1-13-2-4-14(5-3-13)17-11-18(24)22(19(25)12-17)16-6-8-20-15(10-16)7-9-21(29-20)23(26,27)28/h2-6,8,10-12,21H,7,9H2,1H3. The van der Waals surface area contributed by atoms with E-state index in [1.807, 2.05) is 19.1 Å². The van der Waals surface area contributed by atoms with Crippen LogP contribution < -0.4 is 4.74 Å². The highest BCUT2D eigenvalue weighted by Crippen LogP contribution is 2.38. The predicted molar refractivity (Wildman–Crippen MR) is 101 cm³/mol. The maximum Gasteiger partial charge on any atom is 0.425 e. The molecule has 4 rings (SSSR count). The lowest BCUT2D eigenvalue weighted by Gasteiger charge is -2.28. The van der Waals surface area contributed by atoms with Gasteiger partial charge in [-0.1, -0.05) is 35.9 Å². The Kier molecular flexibility index (Phi) is 4.81. The van der Waals surface area contributed by atoms with E-state index in [9.17, 15) is 22.0 Å². The minimum atomic E-state index is -4.44. The Morgan fingerprint density at radius 3 is 2.07 bits per heavy atom. The van der Waals surface area contributed by atoms with Crippen molar-refractivity contribution in [1.82, 2.24) is 0 Å². The van der Waals surface area contributed by atoms with E-state index in [2.05, 4.69) is 0 Å². The number of hydrogen-bond donors (Lipinski definition) is 0. The number of halogens is 5. The molecule has 1 aliphatic heterocycles. The van der Waals surface area contributed by atoms with E-state index >= 15 is 0 Å². The third kappa shape index (κ3) is 3.84. The Morgan fingerprint density at radius 2 is 1.45 bits per heavy atom. The number of ether oxygens (including phenoxy) is 1. The molecule has 0 radical (unpaired) electrons. The summed E-state index contributed by atoms with van der Waals surface area (Å²) in [7, 11) is 0. The van der Waals surface area contributed by atoms with Gasteiger partial charge < -0.3 is 4.74 Å². The summed E-state index contributed by atoms with van der Waals surface area (Å²) in [6, 6.07) is 14.0. The molecule has 0 aromatic heterocycles. The van der Waals surface area contributed by atoms with Crippen molar-refractivity contribution in [2.24, 2.45) is 0 Å². The summed E-state index contributed by atoms with van der Waals surface area (Å²) >= 11 is 0. The minimum Gasteiger partial charge on any atom is -0.481 e. The van der Waals surface area contributed by atoms with Crippen molar-refractivity contribution in [2.75, 3.05) is 0 Å². The fourth-order valence-electron chi connectivity index (χ4n) is 3.54. The first-order valence-corrected chi connectivity index (χ1v) is 9.15. The molecular weight excluding hydrogens is 387 g/mol. The molecule has 0 N–H and O–H groups in total. The molecule has 0 amide bonds. The van der Waals surface area contributed by atoms with Gasteiger partial charge in [0, 0.05) is 0 Å². The van der Waals surface area contributed by atoms with Gasteiger partial charge in [-0.25, -0.2) is 8.78 Å². The number of hydrogen-bond acceptors (Lipinski definition) is 1. The Bertz CT molecular complexity index is 1030. The highest BCUT2D eigenvalue weighted by molar-refractivity contribution is 5.73. The number of rotatable bonds is 2. The molecule has 1 unspecified atom stereocenters. The summed E-state index contributed by atoms with van der Waals surface area (Å²) in [4.78, 5) is 0. The van der Waals surface area contributed by atoms with Crippen LogP contribution in [0.15, 0.2) is 54.6 Å². The van der Waals surface area contributed by atoms with Crippen LogP contribution in [0.5, 0.6) is 5.75 Å². The quantitative estimate of drug-likeness (QED) is 0.424.